The average molecular weight is 318 g/mol. The highest BCUT2D eigenvalue weighted by molar-refractivity contribution is 7.99. The lowest BCUT2D eigenvalue weighted by Gasteiger charge is -2.10. The Labute approximate surface area is 129 Å². The molecule has 0 aromatic carbocycles. The number of fused-ring (bicyclic) bond motifs is 1. The van der Waals surface area contributed by atoms with Gasteiger partial charge >= 0.3 is 5.69 Å². The third-order valence-electron chi connectivity index (χ3n) is 3.29. The van der Waals surface area contributed by atoms with Crippen LogP contribution in [-0.4, -0.2) is 24.9 Å². The standard InChI is InChI=1S/C14H14N4O3S/c1-4-22-12-9-11(17(2)14(20)18(3)13(9)19)15-10(16-12)8-6-5-7-21-8/h5-7H,4H2,1-3H3. The van der Waals surface area contributed by atoms with Crippen molar-refractivity contribution in [1.29, 1.82) is 0 Å². The zero-order valence-electron chi connectivity index (χ0n) is 12.4. The van der Waals surface area contributed by atoms with Crippen molar-refractivity contribution in [3.63, 3.8) is 0 Å². The summed E-state index contributed by atoms with van der Waals surface area (Å²) in [5.41, 5.74) is -0.500. The largest absolute Gasteiger partial charge is 0.461 e. The van der Waals surface area contributed by atoms with Crippen LogP contribution in [0.5, 0.6) is 0 Å². The molecule has 0 saturated heterocycles. The first kappa shape index (κ1) is 14.6. The molecule has 3 rings (SSSR count). The molecule has 0 spiro atoms. The molecular formula is C14H14N4O3S. The van der Waals surface area contributed by atoms with Crippen molar-refractivity contribution < 1.29 is 4.42 Å². The quantitative estimate of drug-likeness (QED) is 0.536. The number of aryl methyl sites for hydroxylation is 1. The molecule has 3 heterocycles. The van der Waals surface area contributed by atoms with Gasteiger partial charge in [0.25, 0.3) is 5.56 Å². The molecule has 8 heteroatoms. The molecule has 0 aliphatic heterocycles. The Morgan fingerprint density at radius 1 is 1.23 bits per heavy atom. The first-order chi connectivity index (χ1) is 10.5. The van der Waals surface area contributed by atoms with E-state index in [9.17, 15) is 9.59 Å². The van der Waals surface area contributed by atoms with Gasteiger partial charge in [-0.1, -0.05) is 6.92 Å². The fourth-order valence-electron chi connectivity index (χ4n) is 2.19. The van der Waals surface area contributed by atoms with Crippen molar-refractivity contribution in [3.8, 4) is 11.6 Å². The van der Waals surface area contributed by atoms with Crippen LogP contribution in [0, 0.1) is 0 Å². The van der Waals surface area contributed by atoms with Crippen LogP contribution < -0.4 is 11.2 Å². The molecule has 3 aromatic heterocycles. The van der Waals surface area contributed by atoms with Crippen LogP contribution in [0.4, 0.5) is 0 Å². The van der Waals surface area contributed by atoms with E-state index >= 15 is 0 Å². The van der Waals surface area contributed by atoms with Crippen LogP contribution in [-0.2, 0) is 14.1 Å². The second-order valence-corrected chi connectivity index (χ2v) is 5.92. The number of thioether (sulfide) groups is 1. The lowest BCUT2D eigenvalue weighted by atomic mass is 10.3. The van der Waals surface area contributed by atoms with Gasteiger partial charge in [0.2, 0.25) is 0 Å². The van der Waals surface area contributed by atoms with Gasteiger partial charge in [-0.2, -0.15) is 0 Å². The van der Waals surface area contributed by atoms with Gasteiger partial charge in [0, 0.05) is 14.1 Å². The molecule has 114 valence electrons. The van der Waals surface area contributed by atoms with Crippen LogP contribution in [0.25, 0.3) is 22.6 Å². The van der Waals surface area contributed by atoms with E-state index in [1.807, 2.05) is 6.92 Å². The Morgan fingerprint density at radius 2 is 2.00 bits per heavy atom. The molecule has 22 heavy (non-hydrogen) atoms. The molecule has 0 aliphatic carbocycles. The van der Waals surface area contributed by atoms with E-state index in [2.05, 4.69) is 9.97 Å². The fraction of sp³-hybridized carbons (Fsp3) is 0.286. The highest BCUT2D eigenvalue weighted by Gasteiger charge is 2.18. The maximum Gasteiger partial charge on any atom is 0.332 e. The Hall–Kier alpha value is -2.35. The van der Waals surface area contributed by atoms with Crippen LogP contribution in [0.15, 0.2) is 37.4 Å². The number of aromatic nitrogens is 4. The summed E-state index contributed by atoms with van der Waals surface area (Å²) in [6, 6.07) is 3.47. The summed E-state index contributed by atoms with van der Waals surface area (Å²) in [6.45, 7) is 1.97. The molecule has 0 N–H and O–H groups in total. The second kappa shape index (κ2) is 5.45. The molecular weight excluding hydrogens is 304 g/mol. The van der Waals surface area contributed by atoms with E-state index in [0.717, 1.165) is 10.3 Å². The van der Waals surface area contributed by atoms with Crippen LogP contribution in [0.2, 0.25) is 0 Å². The summed E-state index contributed by atoms with van der Waals surface area (Å²) >= 11 is 1.43. The summed E-state index contributed by atoms with van der Waals surface area (Å²) in [6.07, 6.45) is 1.53. The number of hydrogen-bond donors (Lipinski definition) is 0. The minimum Gasteiger partial charge on any atom is -0.461 e. The summed E-state index contributed by atoms with van der Waals surface area (Å²) in [4.78, 5) is 33.3. The third-order valence-corrected chi connectivity index (χ3v) is 4.15. The summed E-state index contributed by atoms with van der Waals surface area (Å²) in [5.74, 6) is 1.60. The Kier molecular flexibility index (Phi) is 3.61. The maximum atomic E-state index is 12.4. The lowest BCUT2D eigenvalue weighted by Crippen LogP contribution is -2.37. The monoisotopic (exact) mass is 318 g/mol. The Bertz CT molecular complexity index is 957. The van der Waals surface area contributed by atoms with Crippen molar-refractivity contribution in [3.05, 3.63) is 39.2 Å². The number of hydrogen-bond acceptors (Lipinski definition) is 6. The van der Waals surface area contributed by atoms with E-state index < -0.39 is 5.69 Å². The van der Waals surface area contributed by atoms with Gasteiger partial charge in [0.15, 0.2) is 17.2 Å². The van der Waals surface area contributed by atoms with Crippen molar-refractivity contribution in [1.82, 2.24) is 19.1 Å². The van der Waals surface area contributed by atoms with Crippen molar-refractivity contribution in [2.75, 3.05) is 5.75 Å². The molecule has 0 amide bonds. The zero-order chi connectivity index (χ0) is 15.9. The van der Waals surface area contributed by atoms with Crippen molar-refractivity contribution in [2.45, 2.75) is 11.9 Å². The van der Waals surface area contributed by atoms with Crippen LogP contribution >= 0.6 is 11.8 Å². The molecule has 0 fully saturated rings. The van der Waals surface area contributed by atoms with E-state index in [1.54, 1.807) is 19.2 Å². The van der Waals surface area contributed by atoms with Gasteiger partial charge in [-0.25, -0.2) is 14.8 Å². The Balaban J connectivity index is 2.47. The highest BCUT2D eigenvalue weighted by Crippen LogP contribution is 2.25. The molecule has 7 nitrogen and oxygen atoms in total. The average Bonchev–Trinajstić information content (AvgIpc) is 3.05. The summed E-state index contributed by atoms with van der Waals surface area (Å²) in [7, 11) is 3.04. The smallest absolute Gasteiger partial charge is 0.332 e. The number of furan rings is 1. The predicted octanol–water partition coefficient (Wildman–Crippen LogP) is 1.40. The van der Waals surface area contributed by atoms with E-state index in [4.69, 9.17) is 4.42 Å². The fourth-order valence-corrected chi connectivity index (χ4v) is 2.93. The van der Waals surface area contributed by atoms with Crippen molar-refractivity contribution >= 4 is 22.8 Å². The molecule has 0 radical (unpaired) electrons. The predicted molar refractivity (Wildman–Crippen MR) is 84.1 cm³/mol. The molecule has 0 aliphatic rings. The van der Waals surface area contributed by atoms with Gasteiger partial charge in [0.1, 0.15) is 10.4 Å². The lowest BCUT2D eigenvalue weighted by molar-refractivity contribution is 0.576. The first-order valence-corrected chi connectivity index (χ1v) is 7.67. The van der Waals surface area contributed by atoms with E-state index in [0.29, 0.717) is 27.6 Å². The normalized spacial score (nSPS) is 11.2. The first-order valence-electron chi connectivity index (χ1n) is 6.69. The van der Waals surface area contributed by atoms with Gasteiger partial charge in [-0.15, -0.1) is 11.8 Å². The third kappa shape index (κ3) is 2.16. The van der Waals surface area contributed by atoms with Gasteiger partial charge < -0.3 is 4.42 Å². The Morgan fingerprint density at radius 3 is 2.64 bits per heavy atom. The molecule has 0 saturated carbocycles. The van der Waals surface area contributed by atoms with Gasteiger partial charge in [0.05, 0.1) is 6.26 Å². The molecule has 0 atom stereocenters. The number of rotatable bonds is 3. The van der Waals surface area contributed by atoms with Crippen LogP contribution in [0.1, 0.15) is 6.92 Å². The zero-order valence-corrected chi connectivity index (χ0v) is 13.2. The minimum atomic E-state index is -0.422. The molecule has 0 unspecified atom stereocenters. The second-order valence-electron chi connectivity index (χ2n) is 4.67. The van der Waals surface area contributed by atoms with Gasteiger partial charge in [-0.3, -0.25) is 13.9 Å². The van der Waals surface area contributed by atoms with Gasteiger partial charge in [-0.05, 0) is 17.9 Å². The van der Waals surface area contributed by atoms with Crippen molar-refractivity contribution in [2.24, 2.45) is 14.1 Å². The van der Waals surface area contributed by atoms with E-state index in [1.165, 1.54) is 29.6 Å². The molecule has 3 aromatic rings. The maximum absolute atomic E-state index is 12.4. The SMILES string of the molecule is CCSc1nc(-c2ccco2)nc2c1c(=O)n(C)c(=O)n2C. The minimum absolute atomic E-state index is 0.311. The highest BCUT2D eigenvalue weighted by atomic mass is 32.2. The summed E-state index contributed by atoms with van der Waals surface area (Å²) < 4.78 is 7.74. The van der Waals surface area contributed by atoms with E-state index in [-0.39, 0.29) is 5.56 Å². The number of nitrogens with zero attached hydrogens (tertiary/aromatic N) is 4. The van der Waals surface area contributed by atoms with Crippen LogP contribution in [0.3, 0.4) is 0 Å². The summed E-state index contributed by atoms with van der Waals surface area (Å²) in [5, 5.41) is 0.904. The topological polar surface area (TPSA) is 82.9 Å². The molecule has 0 bridgehead atoms.